The highest BCUT2D eigenvalue weighted by Gasteiger charge is 2.23. The number of anilines is 1. The van der Waals surface area contributed by atoms with Crippen molar-refractivity contribution < 1.29 is 36.3 Å². The zero-order chi connectivity index (χ0) is 22.3. The molecular weight excluding hydrogens is 446 g/mol. The van der Waals surface area contributed by atoms with E-state index in [9.17, 15) is 26.8 Å². The van der Waals surface area contributed by atoms with E-state index in [2.05, 4.69) is 14.8 Å². The van der Waals surface area contributed by atoms with E-state index in [1.165, 1.54) is 43.3 Å². The summed E-state index contributed by atoms with van der Waals surface area (Å²) >= 11 is 5.78. The van der Waals surface area contributed by atoms with Crippen LogP contribution in [0.3, 0.4) is 0 Å². The lowest BCUT2D eigenvalue weighted by molar-refractivity contribution is -0.148. The monoisotopic (exact) mass is 462 g/mol. The standard InChI is InChI=1S/C18H17ClF2N2O6S/c1-11(23-30(26,27)13-5-3-2-4-6-13)17(25)28-10-16(24)22-12-7-8-15(14(19)9-12)29-18(20)21/h2-9,11,18,23H,10H2,1H3,(H,22,24). The van der Waals surface area contributed by atoms with Gasteiger partial charge in [-0.1, -0.05) is 29.8 Å². The zero-order valence-electron chi connectivity index (χ0n) is 15.5. The lowest BCUT2D eigenvalue weighted by Crippen LogP contribution is -2.40. The molecule has 0 bridgehead atoms. The van der Waals surface area contributed by atoms with Crippen LogP contribution < -0.4 is 14.8 Å². The predicted octanol–water partition coefficient (Wildman–Crippen LogP) is 2.79. The third kappa shape index (κ3) is 6.94. The molecule has 1 atom stereocenters. The van der Waals surface area contributed by atoms with Gasteiger partial charge in [-0.05, 0) is 37.3 Å². The van der Waals surface area contributed by atoms with Crippen LogP contribution in [-0.2, 0) is 24.3 Å². The minimum Gasteiger partial charge on any atom is -0.454 e. The Morgan fingerprint density at radius 1 is 1.13 bits per heavy atom. The summed E-state index contributed by atoms with van der Waals surface area (Å²) in [5.74, 6) is -1.99. The van der Waals surface area contributed by atoms with Crippen LogP contribution in [0, 0.1) is 0 Å². The molecular formula is C18H17ClF2N2O6S. The highest BCUT2D eigenvalue weighted by atomic mass is 35.5. The van der Waals surface area contributed by atoms with Crippen LogP contribution in [0.2, 0.25) is 5.02 Å². The fraction of sp³-hybridized carbons (Fsp3) is 0.222. The third-order valence-corrected chi connectivity index (χ3v) is 5.37. The van der Waals surface area contributed by atoms with Crippen molar-refractivity contribution in [3.05, 3.63) is 53.6 Å². The van der Waals surface area contributed by atoms with Crippen LogP contribution in [0.4, 0.5) is 14.5 Å². The number of hydrogen-bond acceptors (Lipinski definition) is 6. The smallest absolute Gasteiger partial charge is 0.387 e. The van der Waals surface area contributed by atoms with Crippen molar-refractivity contribution in [1.29, 1.82) is 0 Å². The van der Waals surface area contributed by atoms with Crippen molar-refractivity contribution in [2.75, 3.05) is 11.9 Å². The molecule has 0 radical (unpaired) electrons. The van der Waals surface area contributed by atoms with Crippen LogP contribution in [0.1, 0.15) is 6.92 Å². The molecule has 12 heteroatoms. The zero-order valence-corrected chi connectivity index (χ0v) is 17.0. The van der Waals surface area contributed by atoms with Gasteiger partial charge in [0.15, 0.2) is 6.61 Å². The normalized spacial score (nSPS) is 12.3. The molecule has 8 nitrogen and oxygen atoms in total. The van der Waals surface area contributed by atoms with E-state index in [-0.39, 0.29) is 21.4 Å². The van der Waals surface area contributed by atoms with Gasteiger partial charge in [0, 0.05) is 5.69 Å². The molecule has 0 spiro atoms. The average Bonchev–Trinajstić information content (AvgIpc) is 2.68. The predicted molar refractivity (Wildman–Crippen MR) is 104 cm³/mol. The minimum atomic E-state index is -3.94. The quantitative estimate of drug-likeness (QED) is 0.554. The van der Waals surface area contributed by atoms with Crippen LogP contribution in [-0.4, -0.2) is 39.6 Å². The number of alkyl halides is 2. The Hall–Kier alpha value is -2.76. The van der Waals surface area contributed by atoms with Crippen molar-refractivity contribution in [3.63, 3.8) is 0 Å². The van der Waals surface area contributed by atoms with Gasteiger partial charge >= 0.3 is 12.6 Å². The van der Waals surface area contributed by atoms with Gasteiger partial charge in [-0.3, -0.25) is 9.59 Å². The topological polar surface area (TPSA) is 111 Å². The van der Waals surface area contributed by atoms with Gasteiger partial charge in [-0.25, -0.2) is 8.42 Å². The van der Waals surface area contributed by atoms with Crippen molar-refractivity contribution in [2.24, 2.45) is 0 Å². The van der Waals surface area contributed by atoms with Crippen molar-refractivity contribution in [2.45, 2.75) is 24.5 Å². The molecule has 30 heavy (non-hydrogen) atoms. The molecule has 2 N–H and O–H groups in total. The Balaban J connectivity index is 1.87. The van der Waals surface area contributed by atoms with E-state index in [0.29, 0.717) is 0 Å². The number of halogens is 3. The van der Waals surface area contributed by atoms with Gasteiger partial charge in [0.2, 0.25) is 10.0 Å². The first kappa shape index (κ1) is 23.5. The first-order valence-electron chi connectivity index (χ1n) is 8.36. The van der Waals surface area contributed by atoms with E-state index in [1.54, 1.807) is 6.07 Å². The van der Waals surface area contributed by atoms with E-state index in [1.807, 2.05) is 0 Å². The van der Waals surface area contributed by atoms with Gasteiger partial charge in [0.25, 0.3) is 5.91 Å². The molecule has 0 aliphatic rings. The number of carbonyl (C=O) groups excluding carboxylic acids is 2. The van der Waals surface area contributed by atoms with E-state index in [4.69, 9.17) is 16.3 Å². The Labute approximate surface area is 176 Å². The number of sulfonamides is 1. The molecule has 2 aromatic rings. The highest BCUT2D eigenvalue weighted by Crippen LogP contribution is 2.28. The molecule has 162 valence electrons. The summed E-state index contributed by atoms with van der Waals surface area (Å²) in [6.45, 7) is -2.49. The van der Waals surface area contributed by atoms with Crippen LogP contribution in [0.25, 0.3) is 0 Å². The summed E-state index contributed by atoms with van der Waals surface area (Å²) in [4.78, 5) is 23.8. The van der Waals surface area contributed by atoms with Crippen LogP contribution >= 0.6 is 11.6 Å². The lowest BCUT2D eigenvalue weighted by atomic mass is 10.3. The number of benzene rings is 2. The van der Waals surface area contributed by atoms with Crippen LogP contribution in [0.5, 0.6) is 5.75 Å². The van der Waals surface area contributed by atoms with Crippen molar-refractivity contribution >= 4 is 39.2 Å². The molecule has 0 saturated carbocycles. The molecule has 0 aliphatic carbocycles. The number of carbonyl (C=O) groups is 2. The van der Waals surface area contributed by atoms with Gasteiger partial charge in [0.1, 0.15) is 11.8 Å². The number of rotatable bonds is 9. The molecule has 0 aromatic heterocycles. The van der Waals surface area contributed by atoms with E-state index in [0.717, 1.165) is 6.07 Å². The van der Waals surface area contributed by atoms with E-state index < -0.39 is 41.2 Å². The number of ether oxygens (including phenoxy) is 2. The number of esters is 1. The summed E-state index contributed by atoms with van der Waals surface area (Å²) in [7, 11) is -3.94. The maximum Gasteiger partial charge on any atom is 0.387 e. The summed E-state index contributed by atoms with van der Waals surface area (Å²) in [5.41, 5.74) is 0.153. The van der Waals surface area contributed by atoms with Gasteiger partial charge in [-0.15, -0.1) is 0 Å². The van der Waals surface area contributed by atoms with Crippen molar-refractivity contribution in [1.82, 2.24) is 4.72 Å². The Bertz CT molecular complexity index is 1000. The Morgan fingerprint density at radius 3 is 2.40 bits per heavy atom. The van der Waals surface area contributed by atoms with E-state index >= 15 is 0 Å². The van der Waals surface area contributed by atoms with Crippen molar-refractivity contribution in [3.8, 4) is 5.75 Å². The second-order valence-electron chi connectivity index (χ2n) is 5.84. The minimum absolute atomic E-state index is 0.0291. The first-order valence-corrected chi connectivity index (χ1v) is 10.2. The number of amides is 1. The van der Waals surface area contributed by atoms with Crippen LogP contribution in [0.15, 0.2) is 53.4 Å². The first-order chi connectivity index (χ1) is 14.1. The highest BCUT2D eigenvalue weighted by molar-refractivity contribution is 7.89. The third-order valence-electron chi connectivity index (χ3n) is 3.52. The molecule has 0 saturated heterocycles. The van der Waals surface area contributed by atoms with Gasteiger partial charge in [-0.2, -0.15) is 13.5 Å². The largest absolute Gasteiger partial charge is 0.454 e. The molecule has 2 aromatic carbocycles. The second kappa shape index (κ2) is 10.3. The maximum atomic E-state index is 12.2. The number of nitrogens with one attached hydrogen (secondary N) is 2. The average molecular weight is 463 g/mol. The molecule has 0 aliphatic heterocycles. The maximum absolute atomic E-state index is 12.2. The Morgan fingerprint density at radius 2 is 1.80 bits per heavy atom. The lowest BCUT2D eigenvalue weighted by Gasteiger charge is -2.14. The number of hydrogen-bond donors (Lipinski definition) is 2. The SMILES string of the molecule is CC(NS(=O)(=O)c1ccccc1)C(=O)OCC(=O)Nc1ccc(OC(F)F)c(Cl)c1. The van der Waals surface area contributed by atoms with Gasteiger partial charge in [0.05, 0.1) is 9.92 Å². The summed E-state index contributed by atoms with van der Waals surface area (Å²) in [6, 6.07) is 9.74. The fourth-order valence-electron chi connectivity index (χ4n) is 2.18. The Kier molecular flexibility index (Phi) is 8.09. The second-order valence-corrected chi connectivity index (χ2v) is 7.96. The summed E-state index contributed by atoms with van der Waals surface area (Å²) in [5, 5.41) is 2.19. The van der Waals surface area contributed by atoms with Gasteiger partial charge < -0.3 is 14.8 Å². The molecule has 2 rings (SSSR count). The molecule has 0 heterocycles. The molecule has 1 amide bonds. The fourth-order valence-corrected chi connectivity index (χ4v) is 3.62. The molecule has 1 unspecified atom stereocenters. The summed E-state index contributed by atoms with van der Waals surface area (Å²) in [6.07, 6.45) is 0. The summed E-state index contributed by atoms with van der Waals surface area (Å²) < 4.78 is 59.9. The molecule has 0 fully saturated rings.